The summed E-state index contributed by atoms with van der Waals surface area (Å²) in [4.78, 5) is 1.60. The average molecular weight is 264 g/mol. The van der Waals surface area contributed by atoms with Crippen molar-refractivity contribution < 1.29 is 17.8 Å². The molecule has 0 aromatic carbocycles. The monoisotopic (exact) mass is 264 g/mol. The standard InChI is InChI=1S/C4H5N6O4PS/c11-15(14-16,12-9-3-1-5-7-9)13-10-4-2-6-8-10/h1-4,16H. The third-order valence-electron chi connectivity index (χ3n) is 1.27. The minimum atomic E-state index is -3.99. The van der Waals surface area contributed by atoms with E-state index in [2.05, 4.69) is 37.5 Å². The topological polar surface area (TPSA) is 106 Å². The van der Waals surface area contributed by atoms with Gasteiger partial charge in [0.25, 0.3) is 0 Å². The summed E-state index contributed by atoms with van der Waals surface area (Å²) in [6.45, 7) is 0. The van der Waals surface area contributed by atoms with Crippen LogP contribution < -0.4 is 9.25 Å². The number of phosphoric acid groups is 1. The second-order valence-electron chi connectivity index (χ2n) is 2.30. The van der Waals surface area contributed by atoms with E-state index in [1.54, 1.807) is 0 Å². The second-order valence-corrected chi connectivity index (χ2v) is 4.18. The molecule has 10 nitrogen and oxygen atoms in total. The van der Waals surface area contributed by atoms with Gasteiger partial charge in [0.15, 0.2) is 0 Å². The minimum Gasteiger partial charge on any atom is -0.281 e. The van der Waals surface area contributed by atoms with Crippen LogP contribution in [-0.4, -0.2) is 30.3 Å². The van der Waals surface area contributed by atoms with E-state index in [1.165, 1.54) is 24.8 Å². The van der Waals surface area contributed by atoms with Gasteiger partial charge < -0.3 is 0 Å². The van der Waals surface area contributed by atoms with E-state index >= 15 is 0 Å². The van der Waals surface area contributed by atoms with Crippen molar-refractivity contribution in [3.8, 4) is 0 Å². The summed E-state index contributed by atoms with van der Waals surface area (Å²) in [5.41, 5.74) is 0. The van der Waals surface area contributed by atoms with Crippen molar-refractivity contribution in [2.24, 2.45) is 0 Å². The molecule has 0 saturated carbocycles. The Morgan fingerprint density at radius 3 is 1.88 bits per heavy atom. The summed E-state index contributed by atoms with van der Waals surface area (Å²) in [5, 5.41) is 13.7. The Morgan fingerprint density at radius 2 is 1.56 bits per heavy atom. The molecule has 2 aromatic heterocycles. The molecular weight excluding hydrogens is 259 g/mol. The summed E-state index contributed by atoms with van der Waals surface area (Å²) in [6.07, 6.45) is 5.23. The van der Waals surface area contributed by atoms with Gasteiger partial charge in [0, 0.05) is 0 Å². The van der Waals surface area contributed by atoms with Crippen molar-refractivity contribution in [1.82, 2.24) is 30.3 Å². The van der Waals surface area contributed by atoms with E-state index in [4.69, 9.17) is 9.25 Å². The van der Waals surface area contributed by atoms with Gasteiger partial charge in [-0.05, 0) is 23.3 Å². The van der Waals surface area contributed by atoms with Crippen LogP contribution in [0.2, 0.25) is 0 Å². The Bertz CT molecular complexity index is 432. The molecule has 0 fully saturated rings. The molecule has 2 aromatic rings. The van der Waals surface area contributed by atoms with Crippen LogP contribution in [0.4, 0.5) is 0 Å². The smallest absolute Gasteiger partial charge is 0.281 e. The van der Waals surface area contributed by atoms with E-state index in [-0.39, 0.29) is 0 Å². The van der Waals surface area contributed by atoms with Crippen LogP contribution in [0.5, 0.6) is 0 Å². The van der Waals surface area contributed by atoms with Gasteiger partial charge in [-0.25, -0.2) is 4.57 Å². The van der Waals surface area contributed by atoms with Gasteiger partial charge >= 0.3 is 7.82 Å². The molecular formula is C4H5N6O4PS. The molecule has 0 aliphatic rings. The summed E-state index contributed by atoms with van der Waals surface area (Å²) in [5.74, 6) is 0. The molecule has 16 heavy (non-hydrogen) atoms. The van der Waals surface area contributed by atoms with E-state index in [9.17, 15) is 4.57 Å². The molecule has 0 unspecified atom stereocenters. The normalized spacial score (nSPS) is 11.3. The molecule has 0 amide bonds. The average Bonchev–Trinajstić information content (AvgIpc) is 2.91. The first-order chi connectivity index (χ1) is 7.72. The Hall–Kier alpha value is -1.58. The van der Waals surface area contributed by atoms with Gasteiger partial charge in [-0.3, -0.25) is 9.25 Å². The third kappa shape index (κ3) is 2.51. The number of hydrogen-bond acceptors (Lipinski definition) is 9. The maximum atomic E-state index is 11.8. The molecule has 2 rings (SSSR count). The van der Waals surface area contributed by atoms with E-state index in [0.717, 1.165) is 9.69 Å². The number of aromatic nitrogens is 6. The molecule has 86 valence electrons. The maximum absolute atomic E-state index is 11.8. The predicted octanol–water partition coefficient (Wildman–Crippen LogP) is -0.604. The fourth-order valence-electron chi connectivity index (χ4n) is 0.731. The lowest BCUT2D eigenvalue weighted by atomic mass is 11.0. The largest absolute Gasteiger partial charge is 0.640 e. The zero-order chi connectivity index (χ0) is 11.4. The molecule has 0 radical (unpaired) electrons. The lowest BCUT2D eigenvalue weighted by molar-refractivity contribution is 0.106. The van der Waals surface area contributed by atoms with Crippen LogP contribution in [0.1, 0.15) is 0 Å². The lowest BCUT2D eigenvalue weighted by Crippen LogP contribution is -2.19. The van der Waals surface area contributed by atoms with Crippen LogP contribution in [-0.2, 0) is 8.54 Å². The Morgan fingerprint density at radius 1 is 1.06 bits per heavy atom. The van der Waals surface area contributed by atoms with Crippen molar-refractivity contribution in [2.75, 3.05) is 0 Å². The predicted molar refractivity (Wildman–Crippen MR) is 50.9 cm³/mol. The highest BCUT2D eigenvalue weighted by molar-refractivity contribution is 7.80. The number of thiol groups is 1. The van der Waals surface area contributed by atoms with Crippen molar-refractivity contribution in [3.63, 3.8) is 0 Å². The van der Waals surface area contributed by atoms with Crippen molar-refractivity contribution >= 4 is 20.7 Å². The molecule has 0 spiro atoms. The molecule has 0 N–H and O–H groups in total. The zero-order valence-electron chi connectivity index (χ0n) is 7.52. The van der Waals surface area contributed by atoms with E-state index in [1.807, 2.05) is 0 Å². The highest BCUT2D eigenvalue weighted by Gasteiger charge is 2.32. The molecule has 0 aliphatic heterocycles. The third-order valence-corrected chi connectivity index (χ3v) is 2.80. The molecule has 2 heterocycles. The summed E-state index contributed by atoms with van der Waals surface area (Å²) < 4.78 is 25.6. The van der Waals surface area contributed by atoms with Gasteiger partial charge in [0.05, 0.1) is 24.8 Å². The summed E-state index contributed by atoms with van der Waals surface area (Å²) >= 11 is 3.39. The summed E-state index contributed by atoms with van der Waals surface area (Å²) in [7, 11) is -3.99. The first kappa shape index (κ1) is 10.9. The lowest BCUT2D eigenvalue weighted by Gasteiger charge is -2.12. The Kier molecular flexibility index (Phi) is 3.08. The first-order valence-electron chi connectivity index (χ1n) is 3.78. The van der Waals surface area contributed by atoms with Crippen LogP contribution in [0.3, 0.4) is 0 Å². The van der Waals surface area contributed by atoms with E-state index in [0.29, 0.717) is 0 Å². The first-order valence-corrected chi connectivity index (χ1v) is 5.60. The molecule has 0 bridgehead atoms. The highest BCUT2D eigenvalue weighted by Crippen LogP contribution is 2.43. The summed E-state index contributed by atoms with van der Waals surface area (Å²) in [6, 6.07) is 0. The molecule has 0 atom stereocenters. The van der Waals surface area contributed by atoms with Crippen LogP contribution in [0.15, 0.2) is 24.8 Å². The van der Waals surface area contributed by atoms with E-state index < -0.39 is 7.82 Å². The highest BCUT2D eigenvalue weighted by atomic mass is 32.1. The molecule has 0 aliphatic carbocycles. The molecule has 12 heteroatoms. The fraction of sp³-hybridized carbons (Fsp3) is 0. The van der Waals surface area contributed by atoms with Crippen molar-refractivity contribution in [1.29, 1.82) is 0 Å². The van der Waals surface area contributed by atoms with Gasteiger partial charge in [-0.2, -0.15) is 3.97 Å². The number of hydrogen-bond donors (Lipinski definition) is 1. The zero-order valence-corrected chi connectivity index (χ0v) is 9.31. The van der Waals surface area contributed by atoms with Crippen molar-refractivity contribution in [3.05, 3.63) is 24.8 Å². The van der Waals surface area contributed by atoms with Gasteiger partial charge in [0.2, 0.25) is 0 Å². The fourth-order valence-corrected chi connectivity index (χ4v) is 1.58. The maximum Gasteiger partial charge on any atom is 0.640 e. The van der Waals surface area contributed by atoms with Gasteiger partial charge in [-0.1, -0.05) is 9.69 Å². The quantitative estimate of drug-likeness (QED) is 0.433. The second kappa shape index (κ2) is 4.51. The SMILES string of the molecule is O=P(OS)(On1ccnn1)On1ccnn1. The minimum absolute atomic E-state index is 0.800. The van der Waals surface area contributed by atoms with Crippen LogP contribution >= 0.6 is 20.7 Å². The molecule has 0 saturated heterocycles. The Balaban J connectivity index is 2.10. The van der Waals surface area contributed by atoms with Crippen LogP contribution in [0, 0.1) is 0 Å². The number of nitrogens with zero attached hydrogens (tertiary/aromatic N) is 6. The van der Waals surface area contributed by atoms with Gasteiger partial charge in [-0.15, -0.1) is 10.2 Å². The van der Waals surface area contributed by atoms with Crippen LogP contribution in [0.25, 0.3) is 0 Å². The van der Waals surface area contributed by atoms with Crippen molar-refractivity contribution in [2.45, 2.75) is 0 Å². The van der Waals surface area contributed by atoms with Gasteiger partial charge in [0.1, 0.15) is 0 Å². The number of rotatable bonds is 5. The Labute approximate surface area is 94.2 Å².